The molecule has 0 radical (unpaired) electrons. The Kier molecular flexibility index (Phi) is 5.72. The molecule has 0 saturated heterocycles. The molecule has 1 aromatic heterocycles. The lowest BCUT2D eigenvalue weighted by molar-refractivity contribution is -0.135. The first-order valence-corrected chi connectivity index (χ1v) is 8.94. The molecule has 1 atom stereocenters. The van der Waals surface area contributed by atoms with Gasteiger partial charge in [-0.15, -0.1) is 0 Å². The summed E-state index contributed by atoms with van der Waals surface area (Å²) in [5, 5.41) is 4.12. The largest absolute Gasteiger partial charge is 0.359 e. The molecule has 0 fully saturated rings. The van der Waals surface area contributed by atoms with Crippen LogP contribution in [0.25, 0.3) is 11.3 Å². The third-order valence-corrected chi connectivity index (χ3v) is 4.54. The SMILES string of the molecule is Cc1ccc([C@@H](C(=O)N(C)Cc2cc(-c3ccccc3)no2)N(C)C)cc1. The van der Waals surface area contributed by atoms with Crippen molar-refractivity contribution in [3.8, 4) is 11.3 Å². The van der Waals surface area contributed by atoms with Crippen molar-refractivity contribution >= 4 is 5.91 Å². The highest BCUT2D eigenvalue weighted by Crippen LogP contribution is 2.23. The van der Waals surface area contributed by atoms with Crippen LogP contribution in [0.15, 0.2) is 65.2 Å². The van der Waals surface area contributed by atoms with E-state index < -0.39 is 0 Å². The zero-order chi connectivity index (χ0) is 19.4. The Bertz CT molecular complexity index is 885. The molecule has 0 aliphatic rings. The second-order valence-corrected chi connectivity index (χ2v) is 7.02. The van der Waals surface area contributed by atoms with E-state index in [0.717, 1.165) is 16.8 Å². The van der Waals surface area contributed by atoms with E-state index in [0.29, 0.717) is 12.3 Å². The zero-order valence-corrected chi connectivity index (χ0v) is 16.2. The van der Waals surface area contributed by atoms with Crippen LogP contribution in [0, 0.1) is 6.92 Å². The van der Waals surface area contributed by atoms with Crippen LogP contribution in [0.4, 0.5) is 0 Å². The van der Waals surface area contributed by atoms with E-state index in [1.807, 2.05) is 86.6 Å². The molecule has 3 rings (SSSR count). The fourth-order valence-corrected chi connectivity index (χ4v) is 3.06. The van der Waals surface area contributed by atoms with Gasteiger partial charge in [-0.3, -0.25) is 9.69 Å². The first-order chi connectivity index (χ1) is 13.0. The second-order valence-electron chi connectivity index (χ2n) is 7.02. The van der Waals surface area contributed by atoms with Crippen molar-refractivity contribution in [3.05, 3.63) is 77.6 Å². The molecule has 5 heteroatoms. The molecule has 0 aliphatic heterocycles. The molecule has 2 aromatic carbocycles. The molecule has 0 N–H and O–H groups in total. The summed E-state index contributed by atoms with van der Waals surface area (Å²) in [5.41, 5.74) is 3.92. The van der Waals surface area contributed by atoms with Gasteiger partial charge in [0.15, 0.2) is 5.76 Å². The van der Waals surface area contributed by atoms with Gasteiger partial charge >= 0.3 is 0 Å². The van der Waals surface area contributed by atoms with Crippen LogP contribution in [0.5, 0.6) is 0 Å². The van der Waals surface area contributed by atoms with Crippen LogP contribution in [0.3, 0.4) is 0 Å². The summed E-state index contributed by atoms with van der Waals surface area (Å²) in [6.07, 6.45) is 0. The first-order valence-electron chi connectivity index (χ1n) is 8.94. The van der Waals surface area contributed by atoms with Gasteiger partial charge in [0.2, 0.25) is 5.91 Å². The van der Waals surface area contributed by atoms with E-state index in [9.17, 15) is 4.79 Å². The van der Waals surface area contributed by atoms with Crippen molar-refractivity contribution < 1.29 is 9.32 Å². The number of aromatic nitrogens is 1. The maximum Gasteiger partial charge on any atom is 0.244 e. The van der Waals surface area contributed by atoms with Crippen LogP contribution in [-0.4, -0.2) is 42.0 Å². The van der Waals surface area contributed by atoms with Gasteiger partial charge in [0, 0.05) is 18.7 Å². The Morgan fingerprint density at radius 1 is 1.04 bits per heavy atom. The average molecular weight is 363 g/mol. The third-order valence-electron chi connectivity index (χ3n) is 4.54. The van der Waals surface area contributed by atoms with E-state index >= 15 is 0 Å². The number of nitrogens with zero attached hydrogens (tertiary/aromatic N) is 3. The van der Waals surface area contributed by atoms with Crippen molar-refractivity contribution in [1.29, 1.82) is 0 Å². The molecule has 27 heavy (non-hydrogen) atoms. The number of carbonyl (C=O) groups is 1. The fraction of sp³-hybridized carbons (Fsp3) is 0.273. The lowest BCUT2D eigenvalue weighted by Gasteiger charge is -2.28. The maximum atomic E-state index is 13.1. The highest BCUT2D eigenvalue weighted by Gasteiger charge is 2.26. The van der Waals surface area contributed by atoms with Crippen molar-refractivity contribution in [2.45, 2.75) is 19.5 Å². The lowest BCUT2D eigenvalue weighted by Crippen LogP contribution is -2.38. The minimum Gasteiger partial charge on any atom is -0.359 e. The quantitative estimate of drug-likeness (QED) is 0.666. The van der Waals surface area contributed by atoms with Crippen LogP contribution in [-0.2, 0) is 11.3 Å². The zero-order valence-electron chi connectivity index (χ0n) is 16.2. The van der Waals surface area contributed by atoms with Gasteiger partial charge in [0.25, 0.3) is 0 Å². The summed E-state index contributed by atoms with van der Waals surface area (Å²) in [5.74, 6) is 0.674. The Morgan fingerprint density at radius 3 is 2.33 bits per heavy atom. The summed E-state index contributed by atoms with van der Waals surface area (Å²) in [6.45, 7) is 2.41. The molecular formula is C22H25N3O2. The van der Waals surface area contributed by atoms with Crippen LogP contribution < -0.4 is 0 Å². The van der Waals surface area contributed by atoms with E-state index in [1.165, 1.54) is 5.56 Å². The van der Waals surface area contributed by atoms with Gasteiger partial charge in [-0.05, 0) is 26.6 Å². The molecule has 0 aliphatic carbocycles. The smallest absolute Gasteiger partial charge is 0.244 e. The topological polar surface area (TPSA) is 49.6 Å². The van der Waals surface area contributed by atoms with Crippen molar-refractivity contribution in [2.24, 2.45) is 0 Å². The number of carbonyl (C=O) groups excluding carboxylic acids is 1. The van der Waals surface area contributed by atoms with Gasteiger partial charge < -0.3 is 9.42 Å². The van der Waals surface area contributed by atoms with Gasteiger partial charge in [0.05, 0.1) is 6.54 Å². The van der Waals surface area contributed by atoms with Gasteiger partial charge in [-0.25, -0.2) is 0 Å². The third kappa shape index (κ3) is 4.44. The monoisotopic (exact) mass is 363 g/mol. The van der Waals surface area contributed by atoms with Crippen molar-refractivity contribution in [1.82, 2.24) is 15.0 Å². The van der Waals surface area contributed by atoms with E-state index in [4.69, 9.17) is 4.52 Å². The summed E-state index contributed by atoms with van der Waals surface area (Å²) >= 11 is 0. The minimum absolute atomic E-state index is 0.0153. The number of hydrogen-bond donors (Lipinski definition) is 0. The van der Waals surface area contributed by atoms with Crippen LogP contribution in [0.1, 0.15) is 22.9 Å². The molecule has 0 bridgehead atoms. The molecule has 0 unspecified atom stereocenters. The van der Waals surface area contributed by atoms with E-state index in [2.05, 4.69) is 5.16 Å². The predicted molar refractivity (Wildman–Crippen MR) is 106 cm³/mol. The molecule has 0 spiro atoms. The Hall–Kier alpha value is -2.92. The second kappa shape index (κ2) is 8.18. The Balaban J connectivity index is 1.74. The van der Waals surface area contributed by atoms with Gasteiger partial charge in [-0.1, -0.05) is 65.3 Å². The highest BCUT2D eigenvalue weighted by molar-refractivity contribution is 5.83. The Labute approximate surface area is 160 Å². The number of hydrogen-bond acceptors (Lipinski definition) is 4. The summed E-state index contributed by atoms with van der Waals surface area (Å²) < 4.78 is 5.44. The van der Waals surface area contributed by atoms with Crippen molar-refractivity contribution in [3.63, 3.8) is 0 Å². The standard InChI is InChI=1S/C22H25N3O2/c1-16-10-12-18(13-11-16)21(24(2)3)22(26)25(4)15-19-14-20(23-27-19)17-8-6-5-7-9-17/h5-14,21H,15H2,1-4H3/t21-/m0/s1. The molecule has 1 heterocycles. The Morgan fingerprint density at radius 2 is 1.70 bits per heavy atom. The normalized spacial score (nSPS) is 12.2. The van der Waals surface area contributed by atoms with E-state index in [-0.39, 0.29) is 11.9 Å². The number of aryl methyl sites for hydroxylation is 1. The number of rotatable bonds is 6. The number of likely N-dealkylation sites (N-methyl/N-ethyl adjacent to an activating group) is 2. The summed E-state index contributed by atoms with van der Waals surface area (Å²) in [6, 6.07) is 19.5. The number of benzene rings is 2. The molecule has 140 valence electrons. The molecule has 3 aromatic rings. The fourth-order valence-electron chi connectivity index (χ4n) is 3.06. The lowest BCUT2D eigenvalue weighted by atomic mass is 10.0. The van der Waals surface area contributed by atoms with E-state index in [1.54, 1.807) is 11.9 Å². The summed E-state index contributed by atoms with van der Waals surface area (Å²) in [7, 11) is 5.62. The molecule has 1 amide bonds. The van der Waals surface area contributed by atoms with Crippen LogP contribution >= 0.6 is 0 Å². The maximum absolute atomic E-state index is 13.1. The molecule has 5 nitrogen and oxygen atoms in total. The number of amides is 1. The van der Waals surface area contributed by atoms with Gasteiger partial charge in [-0.2, -0.15) is 0 Å². The highest BCUT2D eigenvalue weighted by atomic mass is 16.5. The summed E-state index contributed by atoms with van der Waals surface area (Å²) in [4.78, 5) is 16.7. The van der Waals surface area contributed by atoms with Crippen molar-refractivity contribution in [2.75, 3.05) is 21.1 Å². The minimum atomic E-state index is -0.341. The average Bonchev–Trinajstić information content (AvgIpc) is 3.12. The first kappa shape index (κ1) is 18.9. The molecule has 0 saturated carbocycles. The predicted octanol–water partition coefficient (Wildman–Crippen LogP) is 3.91. The van der Waals surface area contributed by atoms with Gasteiger partial charge in [0.1, 0.15) is 11.7 Å². The molecular weight excluding hydrogens is 338 g/mol. The van der Waals surface area contributed by atoms with Crippen LogP contribution in [0.2, 0.25) is 0 Å².